The summed E-state index contributed by atoms with van der Waals surface area (Å²) in [5.41, 5.74) is 3.66. The van der Waals surface area contributed by atoms with E-state index in [1.165, 1.54) is 17.6 Å². The standard InChI is InChI=1S/C23H14BrClN2O3S/c24-16-5-3-4-15(12-16)23(29)30-17-10-8-14(9-11-17)13-26-27-22(28)21-20(25)18-6-1-2-7-19(18)31-21/h1-13H,(H,27,28)/b26-13+. The summed E-state index contributed by atoms with van der Waals surface area (Å²) in [6.45, 7) is 0. The number of carbonyl (C=O) groups is 2. The lowest BCUT2D eigenvalue weighted by molar-refractivity contribution is 0.0734. The number of hydrogen-bond donors (Lipinski definition) is 1. The molecular formula is C23H14BrClN2O3S. The molecule has 4 aromatic rings. The van der Waals surface area contributed by atoms with Crippen LogP contribution >= 0.6 is 38.9 Å². The summed E-state index contributed by atoms with van der Waals surface area (Å²) >= 11 is 11.0. The van der Waals surface area contributed by atoms with Crippen LogP contribution in [0.1, 0.15) is 25.6 Å². The van der Waals surface area contributed by atoms with Gasteiger partial charge in [-0.25, -0.2) is 10.2 Å². The van der Waals surface area contributed by atoms with Crippen molar-refractivity contribution in [1.82, 2.24) is 5.43 Å². The van der Waals surface area contributed by atoms with Crippen LogP contribution in [0, 0.1) is 0 Å². The highest BCUT2D eigenvalue weighted by molar-refractivity contribution is 9.10. The van der Waals surface area contributed by atoms with Gasteiger partial charge in [0.1, 0.15) is 10.6 Å². The van der Waals surface area contributed by atoms with E-state index >= 15 is 0 Å². The largest absolute Gasteiger partial charge is 0.423 e. The predicted molar refractivity (Wildman–Crippen MR) is 127 cm³/mol. The van der Waals surface area contributed by atoms with Crippen molar-refractivity contribution >= 4 is 67.0 Å². The maximum absolute atomic E-state index is 12.4. The summed E-state index contributed by atoms with van der Waals surface area (Å²) in [6, 6.07) is 21.3. The van der Waals surface area contributed by atoms with Crippen molar-refractivity contribution < 1.29 is 14.3 Å². The summed E-state index contributed by atoms with van der Waals surface area (Å²) in [5, 5.41) is 5.25. The molecule has 4 rings (SSSR count). The molecule has 1 heterocycles. The molecule has 1 aromatic heterocycles. The smallest absolute Gasteiger partial charge is 0.343 e. The van der Waals surface area contributed by atoms with E-state index < -0.39 is 5.97 Å². The van der Waals surface area contributed by atoms with E-state index in [9.17, 15) is 9.59 Å². The van der Waals surface area contributed by atoms with Crippen LogP contribution in [-0.4, -0.2) is 18.1 Å². The maximum Gasteiger partial charge on any atom is 0.343 e. The first-order valence-electron chi connectivity index (χ1n) is 9.09. The number of carbonyl (C=O) groups excluding carboxylic acids is 2. The molecular weight excluding hydrogens is 500 g/mol. The summed E-state index contributed by atoms with van der Waals surface area (Å²) in [6.07, 6.45) is 1.50. The van der Waals surface area contributed by atoms with Crippen LogP contribution in [0.5, 0.6) is 5.75 Å². The fourth-order valence-corrected chi connectivity index (χ4v) is 4.59. The molecule has 1 amide bonds. The number of rotatable bonds is 5. The van der Waals surface area contributed by atoms with Crippen molar-refractivity contribution in [1.29, 1.82) is 0 Å². The lowest BCUT2D eigenvalue weighted by Gasteiger charge is -2.05. The second kappa shape index (κ2) is 9.43. The van der Waals surface area contributed by atoms with E-state index in [1.807, 2.05) is 30.3 Å². The zero-order valence-electron chi connectivity index (χ0n) is 15.8. The van der Waals surface area contributed by atoms with Gasteiger partial charge in [0.15, 0.2) is 0 Å². The first-order valence-corrected chi connectivity index (χ1v) is 11.1. The van der Waals surface area contributed by atoms with Crippen LogP contribution < -0.4 is 10.2 Å². The fraction of sp³-hybridized carbons (Fsp3) is 0. The highest BCUT2D eigenvalue weighted by atomic mass is 79.9. The van der Waals surface area contributed by atoms with Crippen molar-refractivity contribution in [3.63, 3.8) is 0 Å². The summed E-state index contributed by atoms with van der Waals surface area (Å²) in [4.78, 5) is 25.0. The number of esters is 1. The highest BCUT2D eigenvalue weighted by Gasteiger charge is 2.16. The van der Waals surface area contributed by atoms with E-state index in [4.69, 9.17) is 16.3 Å². The van der Waals surface area contributed by atoms with Gasteiger partial charge in [-0.05, 0) is 54.1 Å². The lowest BCUT2D eigenvalue weighted by atomic mass is 10.2. The average molecular weight is 514 g/mol. The number of nitrogens with zero attached hydrogens (tertiary/aromatic N) is 1. The number of ether oxygens (including phenoxy) is 1. The Morgan fingerprint density at radius 2 is 1.81 bits per heavy atom. The number of amides is 1. The van der Waals surface area contributed by atoms with E-state index in [1.54, 1.807) is 42.5 Å². The van der Waals surface area contributed by atoms with E-state index in [0.29, 0.717) is 21.2 Å². The fourth-order valence-electron chi connectivity index (χ4n) is 2.78. The van der Waals surface area contributed by atoms with Crippen LogP contribution in [0.2, 0.25) is 5.02 Å². The molecule has 0 atom stereocenters. The average Bonchev–Trinajstić information content (AvgIpc) is 3.12. The van der Waals surface area contributed by atoms with Crippen molar-refractivity contribution in [3.8, 4) is 5.75 Å². The molecule has 0 saturated carbocycles. The third-order valence-corrected chi connectivity index (χ3v) is 6.44. The number of hydrogen-bond acceptors (Lipinski definition) is 5. The van der Waals surface area contributed by atoms with Gasteiger partial charge in [0.2, 0.25) is 0 Å². The number of thiophene rings is 1. The molecule has 0 aliphatic rings. The molecule has 0 bridgehead atoms. The number of fused-ring (bicyclic) bond motifs is 1. The maximum atomic E-state index is 12.4. The van der Waals surface area contributed by atoms with Crippen molar-refractivity contribution in [2.75, 3.05) is 0 Å². The Hall–Kier alpha value is -3.00. The Bertz CT molecular complexity index is 1300. The van der Waals surface area contributed by atoms with Crippen LogP contribution in [-0.2, 0) is 0 Å². The Morgan fingerprint density at radius 3 is 2.55 bits per heavy atom. The van der Waals surface area contributed by atoms with E-state index in [-0.39, 0.29) is 5.91 Å². The quantitative estimate of drug-likeness (QED) is 0.147. The van der Waals surface area contributed by atoms with Crippen molar-refractivity contribution in [3.05, 3.63) is 98.3 Å². The van der Waals surface area contributed by atoms with Crippen LogP contribution in [0.3, 0.4) is 0 Å². The summed E-state index contributed by atoms with van der Waals surface area (Å²) in [7, 11) is 0. The molecule has 0 fully saturated rings. The van der Waals surface area contributed by atoms with Gasteiger partial charge in [-0.3, -0.25) is 4.79 Å². The van der Waals surface area contributed by atoms with Crippen molar-refractivity contribution in [2.45, 2.75) is 0 Å². The number of nitrogens with one attached hydrogen (secondary N) is 1. The van der Waals surface area contributed by atoms with E-state index in [2.05, 4.69) is 26.5 Å². The Kier molecular flexibility index (Phi) is 6.46. The molecule has 3 aromatic carbocycles. The van der Waals surface area contributed by atoms with E-state index in [0.717, 1.165) is 20.1 Å². The van der Waals surface area contributed by atoms with Crippen LogP contribution in [0.4, 0.5) is 0 Å². The third-order valence-electron chi connectivity index (χ3n) is 4.27. The molecule has 5 nitrogen and oxygen atoms in total. The zero-order valence-corrected chi connectivity index (χ0v) is 19.0. The minimum Gasteiger partial charge on any atom is -0.423 e. The number of hydrazone groups is 1. The summed E-state index contributed by atoms with van der Waals surface area (Å²) in [5.74, 6) is -0.416. The van der Waals surface area contributed by atoms with Gasteiger partial charge >= 0.3 is 5.97 Å². The van der Waals surface area contributed by atoms with Gasteiger partial charge in [0, 0.05) is 14.6 Å². The topological polar surface area (TPSA) is 67.8 Å². The Morgan fingerprint density at radius 1 is 1.03 bits per heavy atom. The molecule has 0 aliphatic carbocycles. The van der Waals surface area contributed by atoms with Crippen LogP contribution in [0.15, 0.2) is 82.4 Å². The van der Waals surface area contributed by atoms with Crippen molar-refractivity contribution in [2.24, 2.45) is 5.10 Å². The Labute approximate surface area is 195 Å². The first kappa shape index (κ1) is 21.2. The third kappa shape index (κ3) is 5.02. The van der Waals surface area contributed by atoms with Gasteiger partial charge in [-0.2, -0.15) is 5.10 Å². The highest BCUT2D eigenvalue weighted by Crippen LogP contribution is 2.34. The predicted octanol–water partition coefficient (Wildman–Crippen LogP) is 6.30. The van der Waals surface area contributed by atoms with Gasteiger partial charge < -0.3 is 4.74 Å². The molecule has 31 heavy (non-hydrogen) atoms. The first-order chi connectivity index (χ1) is 15.0. The molecule has 0 aliphatic heterocycles. The molecule has 154 valence electrons. The zero-order chi connectivity index (χ0) is 21.8. The Balaban J connectivity index is 1.37. The molecule has 0 spiro atoms. The molecule has 0 radical (unpaired) electrons. The number of benzene rings is 3. The van der Waals surface area contributed by atoms with Gasteiger partial charge in [-0.1, -0.05) is 51.8 Å². The summed E-state index contributed by atoms with van der Waals surface area (Å²) < 4.78 is 7.10. The second-order valence-corrected chi connectivity index (χ2v) is 8.76. The monoisotopic (exact) mass is 512 g/mol. The molecule has 0 unspecified atom stereocenters. The SMILES string of the molecule is O=C(Oc1ccc(/C=N/NC(=O)c2sc3ccccc3c2Cl)cc1)c1cccc(Br)c1. The van der Waals surface area contributed by atoms with Gasteiger partial charge in [-0.15, -0.1) is 11.3 Å². The minimum absolute atomic E-state index is 0.373. The molecule has 8 heteroatoms. The van der Waals surface area contributed by atoms with Crippen LogP contribution in [0.25, 0.3) is 10.1 Å². The van der Waals surface area contributed by atoms with Gasteiger partial charge in [0.05, 0.1) is 16.8 Å². The normalized spacial score (nSPS) is 11.0. The second-order valence-electron chi connectivity index (χ2n) is 6.41. The minimum atomic E-state index is -0.449. The van der Waals surface area contributed by atoms with Gasteiger partial charge in [0.25, 0.3) is 5.91 Å². The molecule has 0 saturated heterocycles. The molecule has 1 N–H and O–H groups in total. The lowest BCUT2D eigenvalue weighted by Crippen LogP contribution is -2.16. The number of halogens is 2.